The maximum Gasteiger partial charge on any atom is 0.235 e. The lowest BCUT2D eigenvalue weighted by Crippen LogP contribution is -2.36. The van der Waals surface area contributed by atoms with Crippen LogP contribution in [0.25, 0.3) is 0 Å². The number of morpholine rings is 1. The summed E-state index contributed by atoms with van der Waals surface area (Å²) >= 11 is 1.32. The van der Waals surface area contributed by atoms with Gasteiger partial charge in [0.1, 0.15) is 23.0 Å². The SMILES string of the molecule is O=C(CSc1cccnn1)Nc1cc(N2CCOCC2)ncn1. The first-order valence-corrected chi connectivity index (χ1v) is 8.15. The zero-order valence-electron chi connectivity index (χ0n) is 12.4. The maximum atomic E-state index is 12.0. The molecule has 1 amide bonds. The topological polar surface area (TPSA) is 93.1 Å². The van der Waals surface area contributed by atoms with Crippen molar-refractivity contribution < 1.29 is 9.53 Å². The summed E-state index contributed by atoms with van der Waals surface area (Å²) in [7, 11) is 0. The van der Waals surface area contributed by atoms with Gasteiger partial charge in [0.25, 0.3) is 0 Å². The van der Waals surface area contributed by atoms with Crippen LogP contribution in [0.15, 0.2) is 35.7 Å². The average Bonchev–Trinajstić information content (AvgIpc) is 2.62. The summed E-state index contributed by atoms with van der Waals surface area (Å²) in [5.41, 5.74) is 0. The molecule has 23 heavy (non-hydrogen) atoms. The van der Waals surface area contributed by atoms with Crippen molar-refractivity contribution in [3.05, 3.63) is 30.7 Å². The Morgan fingerprint density at radius 1 is 1.35 bits per heavy atom. The minimum Gasteiger partial charge on any atom is -0.378 e. The quantitative estimate of drug-likeness (QED) is 0.805. The summed E-state index contributed by atoms with van der Waals surface area (Å²) in [6, 6.07) is 5.37. The van der Waals surface area contributed by atoms with Gasteiger partial charge < -0.3 is 15.0 Å². The number of nitrogens with one attached hydrogen (secondary N) is 1. The molecule has 0 unspecified atom stereocenters. The van der Waals surface area contributed by atoms with Gasteiger partial charge in [0, 0.05) is 25.4 Å². The number of thioether (sulfide) groups is 1. The molecule has 0 spiro atoms. The Morgan fingerprint density at radius 2 is 2.22 bits per heavy atom. The van der Waals surface area contributed by atoms with Crippen LogP contribution in [0.5, 0.6) is 0 Å². The van der Waals surface area contributed by atoms with Crippen molar-refractivity contribution in [2.75, 3.05) is 42.3 Å². The zero-order chi connectivity index (χ0) is 15.9. The predicted molar refractivity (Wildman–Crippen MR) is 86.4 cm³/mol. The normalized spacial score (nSPS) is 14.5. The molecule has 120 valence electrons. The van der Waals surface area contributed by atoms with Gasteiger partial charge in [-0.05, 0) is 12.1 Å². The van der Waals surface area contributed by atoms with E-state index in [1.807, 2.05) is 6.07 Å². The average molecular weight is 332 g/mol. The van der Waals surface area contributed by atoms with E-state index in [-0.39, 0.29) is 11.7 Å². The minimum atomic E-state index is -0.146. The number of ether oxygens (including phenoxy) is 1. The van der Waals surface area contributed by atoms with E-state index in [1.165, 1.54) is 18.1 Å². The van der Waals surface area contributed by atoms with Gasteiger partial charge in [-0.2, -0.15) is 5.10 Å². The van der Waals surface area contributed by atoms with Gasteiger partial charge >= 0.3 is 0 Å². The number of rotatable bonds is 5. The van der Waals surface area contributed by atoms with E-state index in [0.29, 0.717) is 24.1 Å². The van der Waals surface area contributed by atoms with Gasteiger partial charge in [-0.25, -0.2) is 9.97 Å². The molecule has 8 nitrogen and oxygen atoms in total. The molecule has 1 aliphatic rings. The Morgan fingerprint density at radius 3 is 3.00 bits per heavy atom. The molecule has 0 aliphatic carbocycles. The molecule has 3 heterocycles. The third-order valence-corrected chi connectivity index (χ3v) is 4.07. The van der Waals surface area contributed by atoms with Crippen molar-refractivity contribution in [3.8, 4) is 0 Å². The van der Waals surface area contributed by atoms with Crippen LogP contribution in [-0.2, 0) is 9.53 Å². The fourth-order valence-corrected chi connectivity index (χ4v) is 2.69. The molecule has 1 fully saturated rings. The van der Waals surface area contributed by atoms with E-state index in [2.05, 4.69) is 30.4 Å². The van der Waals surface area contributed by atoms with Crippen LogP contribution in [0, 0.1) is 0 Å². The second kappa shape index (κ2) is 7.84. The van der Waals surface area contributed by atoms with E-state index < -0.39 is 0 Å². The molecule has 0 bridgehead atoms. The fraction of sp³-hybridized carbons (Fsp3) is 0.357. The molecule has 1 aliphatic heterocycles. The van der Waals surface area contributed by atoms with E-state index >= 15 is 0 Å². The molecular weight excluding hydrogens is 316 g/mol. The molecule has 1 N–H and O–H groups in total. The maximum absolute atomic E-state index is 12.0. The predicted octanol–water partition coefficient (Wildman–Crippen LogP) is 0.834. The largest absolute Gasteiger partial charge is 0.378 e. The number of carbonyl (C=O) groups is 1. The molecule has 2 aromatic heterocycles. The summed E-state index contributed by atoms with van der Waals surface area (Å²) < 4.78 is 5.32. The van der Waals surface area contributed by atoms with E-state index in [0.717, 1.165) is 18.9 Å². The van der Waals surface area contributed by atoms with Crippen molar-refractivity contribution in [1.82, 2.24) is 20.2 Å². The number of carbonyl (C=O) groups excluding carboxylic acids is 1. The highest BCUT2D eigenvalue weighted by Gasteiger charge is 2.13. The lowest BCUT2D eigenvalue weighted by molar-refractivity contribution is -0.113. The van der Waals surface area contributed by atoms with Crippen LogP contribution in [0.1, 0.15) is 0 Å². The Hall–Kier alpha value is -2.26. The van der Waals surface area contributed by atoms with E-state index in [4.69, 9.17) is 4.74 Å². The van der Waals surface area contributed by atoms with Gasteiger partial charge in [0.2, 0.25) is 5.91 Å². The fourth-order valence-electron chi connectivity index (χ4n) is 2.06. The van der Waals surface area contributed by atoms with E-state index in [1.54, 1.807) is 18.3 Å². The smallest absolute Gasteiger partial charge is 0.235 e. The van der Waals surface area contributed by atoms with Gasteiger partial charge in [-0.15, -0.1) is 5.10 Å². The zero-order valence-corrected chi connectivity index (χ0v) is 13.2. The number of hydrogen-bond acceptors (Lipinski definition) is 8. The number of aromatic nitrogens is 4. The summed E-state index contributed by atoms with van der Waals surface area (Å²) in [5, 5.41) is 11.2. The third-order valence-electron chi connectivity index (χ3n) is 3.15. The summed E-state index contributed by atoms with van der Waals surface area (Å²) in [5.74, 6) is 1.38. The van der Waals surface area contributed by atoms with Crippen LogP contribution in [-0.4, -0.2) is 58.1 Å². The molecule has 1 saturated heterocycles. The lowest BCUT2D eigenvalue weighted by atomic mass is 10.4. The Kier molecular flexibility index (Phi) is 5.33. The second-order valence-electron chi connectivity index (χ2n) is 4.76. The highest BCUT2D eigenvalue weighted by Crippen LogP contribution is 2.17. The van der Waals surface area contributed by atoms with Gasteiger partial charge in [0.05, 0.1) is 19.0 Å². The molecular formula is C14H16N6O2S. The van der Waals surface area contributed by atoms with Crippen LogP contribution in [0.3, 0.4) is 0 Å². The summed E-state index contributed by atoms with van der Waals surface area (Å²) in [4.78, 5) is 22.4. The highest BCUT2D eigenvalue weighted by atomic mass is 32.2. The molecule has 0 aromatic carbocycles. The molecule has 0 saturated carbocycles. The summed E-state index contributed by atoms with van der Waals surface area (Å²) in [6.45, 7) is 2.93. The Balaban J connectivity index is 1.55. The number of anilines is 2. The Labute approximate surface area is 137 Å². The first-order chi connectivity index (χ1) is 11.3. The summed E-state index contributed by atoms with van der Waals surface area (Å²) in [6.07, 6.45) is 3.05. The van der Waals surface area contributed by atoms with Crippen LogP contribution < -0.4 is 10.2 Å². The molecule has 2 aromatic rings. The van der Waals surface area contributed by atoms with Crippen LogP contribution in [0.2, 0.25) is 0 Å². The first-order valence-electron chi connectivity index (χ1n) is 7.16. The third kappa shape index (κ3) is 4.60. The lowest BCUT2D eigenvalue weighted by Gasteiger charge is -2.27. The van der Waals surface area contributed by atoms with Crippen LogP contribution in [0.4, 0.5) is 11.6 Å². The van der Waals surface area contributed by atoms with Gasteiger partial charge in [-0.1, -0.05) is 11.8 Å². The molecule has 0 radical (unpaired) electrons. The van der Waals surface area contributed by atoms with Gasteiger partial charge in [-0.3, -0.25) is 4.79 Å². The molecule has 3 rings (SSSR count). The first kappa shape index (κ1) is 15.6. The second-order valence-corrected chi connectivity index (χ2v) is 5.76. The highest BCUT2D eigenvalue weighted by molar-refractivity contribution is 7.99. The van der Waals surface area contributed by atoms with Crippen molar-refractivity contribution in [3.63, 3.8) is 0 Å². The molecule has 9 heteroatoms. The monoisotopic (exact) mass is 332 g/mol. The van der Waals surface area contributed by atoms with Crippen molar-refractivity contribution >= 4 is 29.3 Å². The van der Waals surface area contributed by atoms with E-state index in [9.17, 15) is 4.79 Å². The molecule has 0 atom stereocenters. The number of nitrogens with zero attached hydrogens (tertiary/aromatic N) is 5. The minimum absolute atomic E-state index is 0.146. The van der Waals surface area contributed by atoms with Crippen molar-refractivity contribution in [2.24, 2.45) is 0 Å². The van der Waals surface area contributed by atoms with Crippen molar-refractivity contribution in [1.29, 1.82) is 0 Å². The van der Waals surface area contributed by atoms with Crippen molar-refractivity contribution in [2.45, 2.75) is 5.03 Å². The number of hydrogen-bond donors (Lipinski definition) is 1. The Bertz CT molecular complexity index is 651. The van der Waals surface area contributed by atoms with Crippen LogP contribution >= 0.6 is 11.8 Å². The van der Waals surface area contributed by atoms with Gasteiger partial charge in [0.15, 0.2) is 0 Å². The number of amides is 1. The standard InChI is InChI=1S/C14H16N6O2S/c21-13(9-23-14-2-1-3-17-19-14)18-11-8-12(16-10-15-11)20-4-6-22-7-5-20/h1-3,8,10H,4-7,9H2,(H,15,16,18,21).